The highest BCUT2D eigenvalue weighted by atomic mass is 16.5. The van der Waals surface area contributed by atoms with E-state index in [9.17, 15) is 4.79 Å². The molecule has 1 atom stereocenters. The van der Waals surface area contributed by atoms with Crippen LogP contribution in [0.1, 0.15) is 30.4 Å². The van der Waals surface area contributed by atoms with Gasteiger partial charge in [0.05, 0.1) is 0 Å². The smallest absolute Gasteiger partial charge is 0.259 e. The average Bonchev–Trinajstić information content (AvgIpc) is 3.55. The largest absolute Gasteiger partial charge is 0.385 e. The van der Waals surface area contributed by atoms with Crippen molar-refractivity contribution in [3.63, 3.8) is 0 Å². The quantitative estimate of drug-likeness (QED) is 0.732. The topological polar surface area (TPSA) is 53.9 Å². The van der Waals surface area contributed by atoms with Crippen LogP contribution >= 0.6 is 0 Å². The standard InChI is InChI=1S/C24H29N3O2/c1-17-7-4-8-18(15-17)19-9-5-10-21(16-19)24(20-11-12-20)22(28)27(13-6-14-29-3)23(25-2)26-24/h4-5,7-10,15-16,20H,6,11-14H2,1-3H3,(H,25,26). The van der Waals surface area contributed by atoms with Gasteiger partial charge >= 0.3 is 0 Å². The molecule has 1 unspecified atom stereocenters. The molecule has 1 aliphatic carbocycles. The van der Waals surface area contributed by atoms with Crippen LogP contribution < -0.4 is 5.32 Å². The van der Waals surface area contributed by atoms with Gasteiger partial charge in [-0.3, -0.25) is 14.7 Å². The first-order valence-corrected chi connectivity index (χ1v) is 10.3. The van der Waals surface area contributed by atoms with E-state index < -0.39 is 5.54 Å². The molecule has 0 bridgehead atoms. The van der Waals surface area contributed by atoms with Crippen LogP contribution in [0.3, 0.4) is 0 Å². The van der Waals surface area contributed by atoms with Crippen LogP contribution in [0.2, 0.25) is 0 Å². The summed E-state index contributed by atoms with van der Waals surface area (Å²) in [6.45, 7) is 3.33. The van der Waals surface area contributed by atoms with Gasteiger partial charge in [0, 0.05) is 27.3 Å². The molecule has 1 N–H and O–H groups in total. The minimum absolute atomic E-state index is 0.109. The highest BCUT2D eigenvalue weighted by Gasteiger charge is 2.59. The van der Waals surface area contributed by atoms with Crippen LogP contribution in [0.5, 0.6) is 0 Å². The molecule has 152 valence electrons. The maximum Gasteiger partial charge on any atom is 0.259 e. The molecule has 5 nitrogen and oxygen atoms in total. The number of guanidine groups is 1. The molecule has 0 radical (unpaired) electrons. The molecule has 1 amide bonds. The van der Waals surface area contributed by atoms with Crippen molar-refractivity contribution < 1.29 is 9.53 Å². The Morgan fingerprint density at radius 2 is 1.90 bits per heavy atom. The van der Waals surface area contributed by atoms with Gasteiger partial charge in [-0.25, -0.2) is 0 Å². The highest BCUT2D eigenvalue weighted by Crippen LogP contribution is 2.49. The number of carbonyl (C=O) groups excluding carboxylic acids is 1. The third kappa shape index (κ3) is 3.55. The predicted octanol–water partition coefficient (Wildman–Crippen LogP) is 3.72. The van der Waals surface area contributed by atoms with Crippen molar-refractivity contribution in [2.45, 2.75) is 31.7 Å². The minimum atomic E-state index is -0.720. The number of benzene rings is 2. The van der Waals surface area contributed by atoms with Gasteiger partial charge in [-0.1, -0.05) is 48.0 Å². The lowest BCUT2D eigenvalue weighted by atomic mass is 9.83. The van der Waals surface area contributed by atoms with Gasteiger partial charge in [-0.15, -0.1) is 0 Å². The Morgan fingerprint density at radius 1 is 1.17 bits per heavy atom. The molecule has 2 aliphatic rings. The fourth-order valence-corrected chi connectivity index (χ4v) is 4.35. The Morgan fingerprint density at radius 3 is 2.55 bits per heavy atom. The Labute approximate surface area is 172 Å². The molecule has 0 spiro atoms. The number of methoxy groups -OCH3 is 1. The molecule has 2 aromatic rings. The van der Waals surface area contributed by atoms with Crippen molar-refractivity contribution >= 4 is 11.9 Å². The number of aryl methyl sites for hydroxylation is 1. The normalized spacial score (nSPS) is 22.9. The first kappa shape index (κ1) is 19.6. The molecule has 2 fully saturated rings. The van der Waals surface area contributed by atoms with Gasteiger partial charge in [0.2, 0.25) is 5.96 Å². The van der Waals surface area contributed by atoms with Gasteiger partial charge in [0.15, 0.2) is 0 Å². The van der Waals surface area contributed by atoms with E-state index in [1.807, 2.05) is 0 Å². The molecule has 2 aromatic carbocycles. The monoisotopic (exact) mass is 391 g/mol. The number of hydrogen-bond acceptors (Lipinski definition) is 3. The summed E-state index contributed by atoms with van der Waals surface area (Å²) >= 11 is 0. The van der Waals surface area contributed by atoms with E-state index >= 15 is 0 Å². The molecule has 0 aromatic heterocycles. The van der Waals surface area contributed by atoms with Gasteiger partial charge in [0.1, 0.15) is 5.54 Å². The van der Waals surface area contributed by atoms with Crippen molar-refractivity contribution in [1.29, 1.82) is 0 Å². The van der Waals surface area contributed by atoms with Crippen molar-refractivity contribution in [3.8, 4) is 11.1 Å². The van der Waals surface area contributed by atoms with E-state index in [1.165, 1.54) is 11.1 Å². The van der Waals surface area contributed by atoms with Crippen molar-refractivity contribution in [3.05, 3.63) is 59.7 Å². The molecule has 1 saturated heterocycles. The summed E-state index contributed by atoms with van der Waals surface area (Å²) < 4.78 is 5.18. The summed E-state index contributed by atoms with van der Waals surface area (Å²) in [4.78, 5) is 19.9. The maximum absolute atomic E-state index is 13.7. The second kappa shape index (κ2) is 7.99. The van der Waals surface area contributed by atoms with Gasteiger partial charge < -0.3 is 10.1 Å². The molecule has 5 heteroatoms. The number of nitrogens with one attached hydrogen (secondary N) is 1. The first-order valence-electron chi connectivity index (χ1n) is 10.3. The van der Waals surface area contributed by atoms with Crippen molar-refractivity contribution in [1.82, 2.24) is 10.2 Å². The number of rotatable bonds is 7. The predicted molar refractivity (Wildman–Crippen MR) is 116 cm³/mol. The van der Waals surface area contributed by atoms with E-state index in [0.29, 0.717) is 25.0 Å². The van der Waals surface area contributed by atoms with Gasteiger partial charge in [-0.2, -0.15) is 0 Å². The number of nitrogens with zero attached hydrogens (tertiary/aromatic N) is 2. The Bertz CT molecular complexity index is 935. The third-order valence-electron chi connectivity index (χ3n) is 5.95. The summed E-state index contributed by atoms with van der Waals surface area (Å²) in [5.74, 6) is 1.07. The zero-order chi connectivity index (χ0) is 20.4. The van der Waals surface area contributed by atoms with Crippen LogP contribution in [0, 0.1) is 12.8 Å². The van der Waals surface area contributed by atoms with E-state index in [1.54, 1.807) is 19.1 Å². The summed E-state index contributed by atoms with van der Waals surface area (Å²) in [6, 6.07) is 16.9. The van der Waals surface area contributed by atoms with Crippen LogP contribution in [-0.2, 0) is 15.1 Å². The van der Waals surface area contributed by atoms with Crippen LogP contribution in [0.4, 0.5) is 0 Å². The lowest BCUT2D eigenvalue weighted by molar-refractivity contribution is -0.132. The number of hydrogen-bond donors (Lipinski definition) is 1. The zero-order valence-electron chi connectivity index (χ0n) is 17.4. The SMILES string of the molecule is CN=C1NC(c2cccc(-c3cccc(C)c3)c2)(C2CC2)C(=O)N1CCCOC. The van der Waals surface area contributed by atoms with E-state index in [2.05, 4.69) is 65.8 Å². The molecule has 29 heavy (non-hydrogen) atoms. The van der Waals surface area contributed by atoms with Crippen LogP contribution in [0.25, 0.3) is 11.1 Å². The fraction of sp³-hybridized carbons (Fsp3) is 0.417. The maximum atomic E-state index is 13.7. The Hall–Kier alpha value is -2.66. The second-order valence-corrected chi connectivity index (χ2v) is 8.01. The van der Waals surface area contributed by atoms with Crippen LogP contribution in [0.15, 0.2) is 53.5 Å². The summed E-state index contributed by atoms with van der Waals surface area (Å²) in [5.41, 5.74) is 3.84. The number of aliphatic imine (C=N–C) groups is 1. The lowest BCUT2D eigenvalue weighted by Gasteiger charge is -2.28. The summed E-state index contributed by atoms with van der Waals surface area (Å²) in [7, 11) is 3.43. The van der Waals surface area contributed by atoms with Gasteiger partial charge in [-0.05, 0) is 54.9 Å². The number of carbonyl (C=O) groups is 1. The van der Waals surface area contributed by atoms with Gasteiger partial charge in [0.25, 0.3) is 5.91 Å². The summed E-state index contributed by atoms with van der Waals surface area (Å²) in [5, 5.41) is 3.53. The minimum Gasteiger partial charge on any atom is -0.385 e. The lowest BCUT2D eigenvalue weighted by Crippen LogP contribution is -2.46. The molecule has 4 rings (SSSR count). The first-order chi connectivity index (χ1) is 14.1. The molecular formula is C24H29N3O2. The third-order valence-corrected chi connectivity index (χ3v) is 5.95. The van der Waals surface area contributed by atoms with E-state index in [0.717, 1.165) is 30.4 Å². The van der Waals surface area contributed by atoms with E-state index in [4.69, 9.17) is 4.74 Å². The molecule has 1 saturated carbocycles. The average molecular weight is 392 g/mol. The van der Waals surface area contributed by atoms with E-state index in [-0.39, 0.29) is 5.91 Å². The number of ether oxygens (including phenoxy) is 1. The van der Waals surface area contributed by atoms with Crippen molar-refractivity contribution in [2.75, 3.05) is 27.3 Å². The van der Waals surface area contributed by atoms with Crippen molar-refractivity contribution in [2.24, 2.45) is 10.9 Å². The summed E-state index contributed by atoms with van der Waals surface area (Å²) in [6.07, 6.45) is 2.89. The molecule has 1 heterocycles. The second-order valence-electron chi connectivity index (χ2n) is 8.01. The Balaban J connectivity index is 1.73. The Kier molecular flexibility index (Phi) is 5.41. The fourth-order valence-electron chi connectivity index (χ4n) is 4.35. The molecular weight excluding hydrogens is 362 g/mol. The number of amides is 1. The van der Waals surface area contributed by atoms with Crippen LogP contribution in [-0.4, -0.2) is 44.1 Å². The highest BCUT2D eigenvalue weighted by molar-refractivity contribution is 6.09. The molecule has 1 aliphatic heterocycles. The zero-order valence-corrected chi connectivity index (χ0v) is 17.4.